The van der Waals surface area contributed by atoms with Gasteiger partial charge in [0.15, 0.2) is 0 Å². The Morgan fingerprint density at radius 2 is 1.74 bits per heavy atom. The molecule has 2 aromatic rings. The Balaban J connectivity index is 1.77. The van der Waals surface area contributed by atoms with Crippen molar-refractivity contribution < 1.29 is 9.53 Å². The molecule has 0 spiro atoms. The Labute approximate surface area is 137 Å². The van der Waals surface area contributed by atoms with E-state index >= 15 is 0 Å². The molecule has 122 valence electrons. The predicted octanol–water partition coefficient (Wildman–Crippen LogP) is 4.12. The van der Waals surface area contributed by atoms with Crippen LogP contribution in [0.25, 0.3) is 0 Å². The second kappa shape index (κ2) is 7.68. The number of hydrogen-bond acceptors (Lipinski definition) is 2. The van der Waals surface area contributed by atoms with Crippen LogP contribution >= 0.6 is 0 Å². The average molecular weight is 312 g/mol. The molecular weight excluding hydrogens is 288 g/mol. The number of carbonyl (C=O) groups excluding carboxylic acids is 1. The third kappa shape index (κ3) is 5.02. The van der Waals surface area contributed by atoms with Gasteiger partial charge in [-0.25, -0.2) is 4.79 Å². The van der Waals surface area contributed by atoms with Gasteiger partial charge in [-0.05, 0) is 68.1 Å². The number of nitrogens with one attached hydrogen (secondary N) is 2. The van der Waals surface area contributed by atoms with Gasteiger partial charge in [-0.2, -0.15) is 0 Å². The van der Waals surface area contributed by atoms with E-state index in [4.69, 9.17) is 4.74 Å². The number of urea groups is 1. The first-order valence-electron chi connectivity index (χ1n) is 7.78. The standard InChI is InChI=1S/C19H24N2O2/c1-13-10-14(2)12-17(11-13)23-9-8-20-19(22)21-18-7-5-6-15(3)16(18)4/h5-7,10-12H,8-9H2,1-4H3,(H2,20,21,22). The number of benzene rings is 2. The highest BCUT2D eigenvalue weighted by Crippen LogP contribution is 2.18. The van der Waals surface area contributed by atoms with Gasteiger partial charge < -0.3 is 15.4 Å². The maximum atomic E-state index is 11.9. The summed E-state index contributed by atoms with van der Waals surface area (Å²) in [7, 11) is 0. The first-order chi connectivity index (χ1) is 11.0. The van der Waals surface area contributed by atoms with Crippen molar-refractivity contribution in [3.8, 4) is 5.75 Å². The van der Waals surface area contributed by atoms with Gasteiger partial charge in [0, 0.05) is 5.69 Å². The summed E-state index contributed by atoms with van der Waals surface area (Å²) in [6.07, 6.45) is 0. The van der Waals surface area contributed by atoms with E-state index in [0.29, 0.717) is 13.2 Å². The summed E-state index contributed by atoms with van der Waals surface area (Å²) in [4.78, 5) is 11.9. The largest absolute Gasteiger partial charge is 0.492 e. The molecule has 0 heterocycles. The van der Waals surface area contributed by atoms with Crippen LogP contribution in [0.2, 0.25) is 0 Å². The first kappa shape index (κ1) is 16.9. The van der Waals surface area contributed by atoms with Crippen LogP contribution in [0.15, 0.2) is 36.4 Å². The van der Waals surface area contributed by atoms with Crippen LogP contribution in [0.4, 0.5) is 10.5 Å². The molecule has 0 aliphatic carbocycles. The summed E-state index contributed by atoms with van der Waals surface area (Å²) in [5.41, 5.74) is 5.40. The van der Waals surface area contributed by atoms with E-state index in [2.05, 4.69) is 16.7 Å². The normalized spacial score (nSPS) is 10.3. The van der Waals surface area contributed by atoms with Crippen molar-refractivity contribution in [3.05, 3.63) is 58.7 Å². The maximum Gasteiger partial charge on any atom is 0.319 e. The number of anilines is 1. The van der Waals surface area contributed by atoms with Crippen LogP contribution in [0.5, 0.6) is 5.75 Å². The molecular formula is C19H24N2O2. The van der Waals surface area contributed by atoms with Crippen molar-refractivity contribution in [3.63, 3.8) is 0 Å². The van der Waals surface area contributed by atoms with E-state index in [9.17, 15) is 4.79 Å². The van der Waals surface area contributed by atoms with E-state index < -0.39 is 0 Å². The number of amides is 2. The SMILES string of the molecule is Cc1cc(C)cc(OCCNC(=O)Nc2cccc(C)c2C)c1. The quantitative estimate of drug-likeness (QED) is 0.816. The molecule has 0 aliphatic heterocycles. The van der Waals surface area contributed by atoms with Crippen molar-refractivity contribution in [2.45, 2.75) is 27.7 Å². The fraction of sp³-hybridized carbons (Fsp3) is 0.316. The molecule has 2 N–H and O–H groups in total. The molecule has 4 heteroatoms. The Morgan fingerprint density at radius 1 is 1.04 bits per heavy atom. The van der Waals surface area contributed by atoms with Crippen molar-refractivity contribution in [1.29, 1.82) is 0 Å². The summed E-state index contributed by atoms with van der Waals surface area (Å²) >= 11 is 0. The second-order valence-electron chi connectivity index (χ2n) is 5.80. The fourth-order valence-corrected chi connectivity index (χ4v) is 2.40. The number of hydrogen-bond donors (Lipinski definition) is 2. The van der Waals surface area contributed by atoms with Crippen LogP contribution < -0.4 is 15.4 Å². The van der Waals surface area contributed by atoms with Gasteiger partial charge in [0.05, 0.1) is 6.54 Å². The van der Waals surface area contributed by atoms with Gasteiger partial charge in [0.2, 0.25) is 0 Å². The zero-order chi connectivity index (χ0) is 16.8. The molecule has 2 rings (SSSR count). The Morgan fingerprint density at radius 3 is 2.43 bits per heavy atom. The van der Waals surface area contributed by atoms with E-state index in [1.54, 1.807) is 0 Å². The van der Waals surface area contributed by atoms with Crippen molar-refractivity contribution >= 4 is 11.7 Å². The molecule has 0 unspecified atom stereocenters. The molecule has 0 fully saturated rings. The molecule has 0 aliphatic rings. The number of aryl methyl sites for hydroxylation is 3. The van der Waals surface area contributed by atoms with Crippen molar-refractivity contribution in [2.24, 2.45) is 0 Å². The zero-order valence-corrected chi connectivity index (χ0v) is 14.2. The topological polar surface area (TPSA) is 50.4 Å². The molecule has 2 amide bonds. The van der Waals surface area contributed by atoms with E-state index in [-0.39, 0.29) is 6.03 Å². The zero-order valence-electron chi connectivity index (χ0n) is 14.2. The summed E-state index contributed by atoms with van der Waals surface area (Å²) in [6.45, 7) is 8.97. The monoisotopic (exact) mass is 312 g/mol. The van der Waals surface area contributed by atoms with Gasteiger partial charge in [0.1, 0.15) is 12.4 Å². The first-order valence-corrected chi connectivity index (χ1v) is 7.78. The number of rotatable bonds is 5. The molecule has 0 radical (unpaired) electrons. The molecule has 4 nitrogen and oxygen atoms in total. The lowest BCUT2D eigenvalue weighted by Gasteiger charge is -2.12. The van der Waals surface area contributed by atoms with Gasteiger partial charge in [-0.3, -0.25) is 0 Å². The smallest absolute Gasteiger partial charge is 0.319 e. The van der Waals surface area contributed by atoms with Gasteiger partial charge in [-0.15, -0.1) is 0 Å². The van der Waals surface area contributed by atoms with Crippen LogP contribution in [-0.4, -0.2) is 19.2 Å². The highest BCUT2D eigenvalue weighted by Gasteiger charge is 2.05. The fourth-order valence-electron chi connectivity index (χ4n) is 2.40. The summed E-state index contributed by atoms with van der Waals surface area (Å²) in [6, 6.07) is 11.7. The van der Waals surface area contributed by atoms with Crippen LogP contribution in [0.1, 0.15) is 22.3 Å². The van der Waals surface area contributed by atoms with E-state index in [1.807, 2.05) is 58.0 Å². The van der Waals surface area contributed by atoms with Crippen LogP contribution in [0.3, 0.4) is 0 Å². The predicted molar refractivity (Wildman–Crippen MR) is 94.3 cm³/mol. The molecule has 2 aromatic carbocycles. The van der Waals surface area contributed by atoms with Gasteiger partial charge in [-0.1, -0.05) is 18.2 Å². The molecule has 0 bridgehead atoms. The summed E-state index contributed by atoms with van der Waals surface area (Å²) in [5, 5.41) is 5.66. The molecule has 0 atom stereocenters. The third-order valence-corrected chi connectivity index (χ3v) is 3.70. The highest BCUT2D eigenvalue weighted by atomic mass is 16.5. The summed E-state index contributed by atoms with van der Waals surface area (Å²) < 4.78 is 5.67. The third-order valence-electron chi connectivity index (χ3n) is 3.70. The van der Waals surface area contributed by atoms with E-state index in [1.165, 1.54) is 11.1 Å². The Bertz CT molecular complexity index is 676. The lowest BCUT2D eigenvalue weighted by molar-refractivity contribution is 0.247. The van der Waals surface area contributed by atoms with E-state index in [0.717, 1.165) is 22.6 Å². The minimum absolute atomic E-state index is 0.220. The molecule has 0 saturated carbocycles. The van der Waals surface area contributed by atoms with Gasteiger partial charge in [0.25, 0.3) is 0 Å². The van der Waals surface area contributed by atoms with Gasteiger partial charge >= 0.3 is 6.03 Å². The minimum Gasteiger partial charge on any atom is -0.492 e. The van der Waals surface area contributed by atoms with Crippen LogP contribution in [0, 0.1) is 27.7 Å². The van der Waals surface area contributed by atoms with Crippen LogP contribution in [-0.2, 0) is 0 Å². The average Bonchev–Trinajstić information content (AvgIpc) is 2.47. The molecule has 0 saturated heterocycles. The maximum absolute atomic E-state index is 11.9. The Kier molecular flexibility index (Phi) is 5.63. The highest BCUT2D eigenvalue weighted by molar-refractivity contribution is 5.90. The van der Waals surface area contributed by atoms with Crippen molar-refractivity contribution in [1.82, 2.24) is 5.32 Å². The Hall–Kier alpha value is -2.49. The summed E-state index contributed by atoms with van der Waals surface area (Å²) in [5.74, 6) is 0.833. The number of carbonyl (C=O) groups is 1. The number of ether oxygens (including phenoxy) is 1. The molecule has 23 heavy (non-hydrogen) atoms. The second-order valence-corrected chi connectivity index (χ2v) is 5.80. The lowest BCUT2D eigenvalue weighted by Crippen LogP contribution is -2.32. The van der Waals surface area contributed by atoms with Crippen molar-refractivity contribution in [2.75, 3.05) is 18.5 Å². The molecule has 0 aromatic heterocycles. The minimum atomic E-state index is -0.220. The lowest BCUT2D eigenvalue weighted by atomic mass is 10.1.